The molecule has 1 aliphatic rings. The first-order valence-corrected chi connectivity index (χ1v) is 5.17. The number of aryl methyl sites for hydroxylation is 1. The van der Waals surface area contributed by atoms with Crippen molar-refractivity contribution in [3.8, 4) is 0 Å². The second-order valence-corrected chi connectivity index (χ2v) is 3.81. The molecule has 0 saturated carbocycles. The number of hydrogen-bond acceptors (Lipinski definition) is 3. The van der Waals surface area contributed by atoms with Crippen LogP contribution in [0.5, 0.6) is 0 Å². The molecule has 0 spiro atoms. The number of rotatable bonds is 2. The van der Waals surface area contributed by atoms with Crippen molar-refractivity contribution in [1.29, 1.82) is 0 Å². The van der Waals surface area contributed by atoms with Crippen molar-refractivity contribution >= 4 is 11.5 Å². The lowest BCUT2D eigenvalue weighted by atomic mass is 10.0. The number of methoxy groups -OCH3 is 1. The van der Waals surface area contributed by atoms with Crippen LogP contribution in [0.25, 0.3) is 5.57 Å². The second kappa shape index (κ2) is 4.49. The van der Waals surface area contributed by atoms with E-state index in [1.807, 2.05) is 31.2 Å². The van der Waals surface area contributed by atoms with Gasteiger partial charge in [0.25, 0.3) is 0 Å². The smallest absolute Gasteiger partial charge is 0.336 e. The van der Waals surface area contributed by atoms with E-state index in [0.717, 1.165) is 11.1 Å². The highest BCUT2D eigenvalue weighted by Crippen LogP contribution is 2.26. The molecule has 0 saturated heterocycles. The fourth-order valence-corrected chi connectivity index (χ4v) is 1.83. The molecule has 0 fully saturated rings. The van der Waals surface area contributed by atoms with Gasteiger partial charge in [-0.2, -0.15) is 0 Å². The molecule has 1 heterocycles. The largest absolute Gasteiger partial charge is 0.466 e. The van der Waals surface area contributed by atoms with Crippen molar-refractivity contribution in [2.24, 2.45) is 0 Å². The molecule has 1 aromatic carbocycles. The molecule has 1 aromatic rings. The minimum Gasteiger partial charge on any atom is -0.466 e. The number of ether oxygens (including phenoxy) is 2. The summed E-state index contributed by atoms with van der Waals surface area (Å²) in [4.78, 5) is 11.5. The van der Waals surface area contributed by atoms with Crippen LogP contribution in [-0.4, -0.2) is 26.3 Å². The molecule has 0 unspecified atom stereocenters. The Morgan fingerprint density at radius 1 is 1.38 bits per heavy atom. The van der Waals surface area contributed by atoms with Crippen molar-refractivity contribution in [2.75, 3.05) is 20.3 Å². The Labute approximate surface area is 94.7 Å². The van der Waals surface area contributed by atoms with Crippen LogP contribution in [0.2, 0.25) is 0 Å². The van der Waals surface area contributed by atoms with Crippen LogP contribution in [0, 0.1) is 6.92 Å². The highest BCUT2D eigenvalue weighted by molar-refractivity contribution is 5.99. The molecule has 0 atom stereocenters. The van der Waals surface area contributed by atoms with Crippen molar-refractivity contribution in [2.45, 2.75) is 6.92 Å². The van der Waals surface area contributed by atoms with Gasteiger partial charge >= 0.3 is 5.97 Å². The first-order valence-electron chi connectivity index (χ1n) is 5.17. The minimum atomic E-state index is -0.297. The Morgan fingerprint density at radius 2 is 2.19 bits per heavy atom. The van der Waals surface area contributed by atoms with Gasteiger partial charge in [0.05, 0.1) is 25.9 Å². The van der Waals surface area contributed by atoms with Crippen LogP contribution in [0.1, 0.15) is 11.1 Å². The predicted molar refractivity (Wildman–Crippen MR) is 60.9 cm³/mol. The van der Waals surface area contributed by atoms with Crippen LogP contribution < -0.4 is 0 Å². The monoisotopic (exact) mass is 218 g/mol. The Hall–Kier alpha value is -1.61. The summed E-state index contributed by atoms with van der Waals surface area (Å²) in [7, 11) is 1.39. The van der Waals surface area contributed by atoms with E-state index in [0.29, 0.717) is 18.8 Å². The maximum Gasteiger partial charge on any atom is 0.336 e. The third-order valence-electron chi connectivity index (χ3n) is 2.66. The van der Waals surface area contributed by atoms with Gasteiger partial charge in [0.2, 0.25) is 0 Å². The number of carbonyl (C=O) groups is 1. The van der Waals surface area contributed by atoms with Crippen LogP contribution in [0.15, 0.2) is 29.8 Å². The fourth-order valence-electron chi connectivity index (χ4n) is 1.83. The summed E-state index contributed by atoms with van der Waals surface area (Å²) in [5.41, 5.74) is 3.78. The normalized spacial score (nSPS) is 15.4. The van der Waals surface area contributed by atoms with Gasteiger partial charge in [-0.15, -0.1) is 0 Å². The van der Waals surface area contributed by atoms with E-state index >= 15 is 0 Å². The minimum absolute atomic E-state index is 0.297. The fraction of sp³-hybridized carbons (Fsp3) is 0.308. The molecular formula is C13H14O3. The lowest BCUT2D eigenvalue weighted by Gasteiger charge is -2.05. The SMILES string of the molecule is COC(=O)C1=C(c2cccc(C)c2)COC1. The van der Waals surface area contributed by atoms with Gasteiger partial charge in [-0.05, 0) is 18.1 Å². The number of esters is 1. The maximum atomic E-state index is 11.5. The topological polar surface area (TPSA) is 35.5 Å². The van der Waals surface area contributed by atoms with Gasteiger partial charge < -0.3 is 9.47 Å². The Balaban J connectivity index is 2.42. The summed E-state index contributed by atoms with van der Waals surface area (Å²) in [6.45, 7) is 2.85. The van der Waals surface area contributed by atoms with Crippen molar-refractivity contribution in [1.82, 2.24) is 0 Å². The average Bonchev–Trinajstić information content (AvgIpc) is 2.77. The Kier molecular flexibility index (Phi) is 3.06. The van der Waals surface area contributed by atoms with E-state index in [-0.39, 0.29) is 5.97 Å². The third kappa shape index (κ3) is 1.99. The third-order valence-corrected chi connectivity index (χ3v) is 2.66. The van der Waals surface area contributed by atoms with E-state index < -0.39 is 0 Å². The molecule has 0 bridgehead atoms. The van der Waals surface area contributed by atoms with Crippen LogP contribution in [-0.2, 0) is 14.3 Å². The number of carbonyl (C=O) groups excluding carboxylic acids is 1. The molecule has 0 aromatic heterocycles. The molecule has 3 nitrogen and oxygen atoms in total. The average molecular weight is 218 g/mol. The molecule has 3 heteroatoms. The van der Waals surface area contributed by atoms with Gasteiger partial charge in [-0.25, -0.2) is 4.79 Å². The van der Waals surface area contributed by atoms with Crippen molar-refractivity contribution in [3.05, 3.63) is 41.0 Å². The lowest BCUT2D eigenvalue weighted by Crippen LogP contribution is -2.07. The van der Waals surface area contributed by atoms with Crippen LogP contribution in [0.4, 0.5) is 0 Å². The quantitative estimate of drug-likeness (QED) is 0.712. The van der Waals surface area contributed by atoms with E-state index in [2.05, 4.69) is 0 Å². The number of benzene rings is 1. The van der Waals surface area contributed by atoms with E-state index in [1.54, 1.807) is 0 Å². The molecule has 0 radical (unpaired) electrons. The molecule has 1 aliphatic heterocycles. The van der Waals surface area contributed by atoms with Crippen molar-refractivity contribution < 1.29 is 14.3 Å². The Bertz CT molecular complexity index is 446. The molecular weight excluding hydrogens is 204 g/mol. The zero-order valence-corrected chi connectivity index (χ0v) is 9.45. The predicted octanol–water partition coefficient (Wildman–Crippen LogP) is 1.95. The van der Waals surface area contributed by atoms with E-state index in [4.69, 9.17) is 9.47 Å². The van der Waals surface area contributed by atoms with Gasteiger partial charge in [0.15, 0.2) is 0 Å². The molecule has 0 aliphatic carbocycles. The van der Waals surface area contributed by atoms with Gasteiger partial charge in [-0.3, -0.25) is 0 Å². The molecule has 2 rings (SSSR count). The maximum absolute atomic E-state index is 11.5. The van der Waals surface area contributed by atoms with Gasteiger partial charge in [-0.1, -0.05) is 29.8 Å². The van der Waals surface area contributed by atoms with Crippen LogP contribution in [0.3, 0.4) is 0 Å². The molecule has 0 amide bonds. The van der Waals surface area contributed by atoms with Gasteiger partial charge in [0.1, 0.15) is 0 Å². The lowest BCUT2D eigenvalue weighted by molar-refractivity contribution is -0.136. The summed E-state index contributed by atoms with van der Waals surface area (Å²) >= 11 is 0. The molecule has 0 N–H and O–H groups in total. The first kappa shape index (κ1) is 10.9. The molecule has 84 valence electrons. The zero-order valence-electron chi connectivity index (χ0n) is 9.45. The number of hydrogen-bond donors (Lipinski definition) is 0. The summed E-state index contributed by atoms with van der Waals surface area (Å²) in [6, 6.07) is 8.04. The summed E-state index contributed by atoms with van der Waals surface area (Å²) < 4.78 is 10.1. The standard InChI is InChI=1S/C13H14O3/c1-9-4-3-5-10(6-9)11-7-16-8-12(11)13(14)15-2/h3-6H,7-8H2,1-2H3. The summed E-state index contributed by atoms with van der Waals surface area (Å²) in [6.07, 6.45) is 0. The van der Waals surface area contributed by atoms with Crippen molar-refractivity contribution in [3.63, 3.8) is 0 Å². The highest BCUT2D eigenvalue weighted by atomic mass is 16.5. The second-order valence-electron chi connectivity index (χ2n) is 3.81. The Morgan fingerprint density at radius 3 is 2.88 bits per heavy atom. The zero-order chi connectivity index (χ0) is 11.5. The summed E-state index contributed by atoms with van der Waals surface area (Å²) in [5.74, 6) is -0.297. The first-order chi connectivity index (χ1) is 7.72. The van der Waals surface area contributed by atoms with Crippen LogP contribution >= 0.6 is 0 Å². The van der Waals surface area contributed by atoms with E-state index in [1.165, 1.54) is 12.7 Å². The molecule has 16 heavy (non-hydrogen) atoms. The van der Waals surface area contributed by atoms with Gasteiger partial charge in [0, 0.05) is 0 Å². The van der Waals surface area contributed by atoms with E-state index in [9.17, 15) is 4.79 Å². The highest BCUT2D eigenvalue weighted by Gasteiger charge is 2.23. The summed E-state index contributed by atoms with van der Waals surface area (Å²) in [5, 5.41) is 0.